The second kappa shape index (κ2) is 2.90. The lowest BCUT2D eigenvalue weighted by molar-refractivity contribution is -0.139. The second-order valence-electron chi connectivity index (χ2n) is 0.989. The average Bonchev–Trinajstić information content (AvgIpc) is 1.62. The summed E-state index contributed by atoms with van der Waals surface area (Å²) in [6.07, 6.45) is 0. The van der Waals surface area contributed by atoms with Gasteiger partial charge in [0.25, 0.3) is 3.24 Å². The van der Waals surface area contributed by atoms with E-state index in [0.29, 0.717) is 0 Å². The molecule has 0 aliphatic carbocycles. The molecule has 0 fully saturated rings. The quantitative estimate of drug-likeness (QED) is 0.498. The molecule has 0 saturated heterocycles. The van der Waals surface area contributed by atoms with Gasteiger partial charge in [0.05, 0.1) is 7.11 Å². The fourth-order valence-corrected chi connectivity index (χ4v) is 0.432. The van der Waals surface area contributed by atoms with Crippen molar-refractivity contribution in [1.29, 1.82) is 0 Å². The zero-order chi connectivity index (χ0) is 6.78. The third-order valence-electron chi connectivity index (χ3n) is 0.417. The predicted octanol–water partition coefficient (Wildman–Crippen LogP) is 1.69. The van der Waals surface area contributed by atoms with Gasteiger partial charge < -0.3 is 4.74 Å². The molecule has 48 valence electrons. The lowest BCUT2D eigenvalue weighted by Gasteiger charge is -2.05. The van der Waals surface area contributed by atoms with Crippen molar-refractivity contribution in [3.05, 3.63) is 0 Å². The first kappa shape index (κ1) is 8.53. The van der Waals surface area contributed by atoms with E-state index < -0.39 is 9.21 Å². The summed E-state index contributed by atoms with van der Waals surface area (Å²) >= 11 is 13.0. The Labute approximate surface area is 65.2 Å². The van der Waals surface area contributed by atoms with Crippen molar-refractivity contribution in [3.8, 4) is 0 Å². The number of esters is 1. The van der Waals surface area contributed by atoms with Crippen LogP contribution in [0.3, 0.4) is 0 Å². The van der Waals surface area contributed by atoms with Crippen molar-refractivity contribution >= 4 is 45.1 Å². The van der Waals surface area contributed by atoms with Gasteiger partial charge in [0.2, 0.25) is 0 Å². The van der Waals surface area contributed by atoms with Crippen molar-refractivity contribution < 1.29 is 9.53 Å². The Hall–Kier alpha value is 0.530. The smallest absolute Gasteiger partial charge is 0.353 e. The van der Waals surface area contributed by atoms with Gasteiger partial charge in [0.1, 0.15) is 0 Å². The average molecular weight is 222 g/mol. The monoisotopic (exact) mass is 220 g/mol. The van der Waals surface area contributed by atoms with E-state index in [-0.39, 0.29) is 0 Å². The first-order valence-electron chi connectivity index (χ1n) is 1.63. The molecule has 0 atom stereocenters. The minimum Gasteiger partial charge on any atom is -0.466 e. The third kappa shape index (κ3) is 2.74. The molecule has 5 heteroatoms. The molecule has 0 aromatic heterocycles. The molecule has 0 unspecified atom stereocenters. The molecular formula is C3H3BrCl2O2. The Morgan fingerprint density at radius 2 is 2.12 bits per heavy atom. The molecule has 0 aromatic carbocycles. The molecule has 0 rings (SSSR count). The van der Waals surface area contributed by atoms with Gasteiger partial charge in [-0.1, -0.05) is 23.2 Å². The van der Waals surface area contributed by atoms with Gasteiger partial charge in [0.15, 0.2) is 0 Å². The summed E-state index contributed by atoms with van der Waals surface area (Å²) in [5.41, 5.74) is 0. The number of alkyl halides is 3. The highest BCUT2D eigenvalue weighted by Crippen LogP contribution is 2.29. The van der Waals surface area contributed by atoms with Crippen LogP contribution in [0, 0.1) is 0 Å². The summed E-state index contributed by atoms with van der Waals surface area (Å²) in [5, 5.41) is 0. The molecule has 0 spiro atoms. The van der Waals surface area contributed by atoms with Crippen LogP contribution in [-0.4, -0.2) is 16.3 Å². The van der Waals surface area contributed by atoms with Gasteiger partial charge in [-0.3, -0.25) is 0 Å². The molecule has 0 aromatic rings. The topological polar surface area (TPSA) is 26.3 Å². The molecule has 0 heterocycles. The van der Waals surface area contributed by atoms with Crippen LogP contribution in [0.1, 0.15) is 0 Å². The van der Waals surface area contributed by atoms with Gasteiger partial charge in [-0.15, -0.1) is 0 Å². The van der Waals surface area contributed by atoms with Gasteiger partial charge in [-0.25, -0.2) is 4.79 Å². The summed E-state index contributed by atoms with van der Waals surface area (Å²) in [6.45, 7) is 0. The summed E-state index contributed by atoms with van der Waals surface area (Å²) < 4.78 is 2.57. The Balaban J connectivity index is 3.82. The number of halogens is 3. The van der Waals surface area contributed by atoms with Gasteiger partial charge in [0, 0.05) is 0 Å². The predicted molar refractivity (Wildman–Crippen MR) is 35.4 cm³/mol. The lowest BCUT2D eigenvalue weighted by atomic mass is 10.8. The first-order chi connectivity index (χ1) is 3.48. The van der Waals surface area contributed by atoms with Gasteiger partial charge >= 0.3 is 5.97 Å². The van der Waals surface area contributed by atoms with Gasteiger partial charge in [-0.05, 0) is 15.9 Å². The number of carbonyl (C=O) groups is 1. The maximum absolute atomic E-state index is 10.3. The summed E-state index contributed by atoms with van der Waals surface area (Å²) in [4.78, 5) is 10.3. The van der Waals surface area contributed by atoms with Crippen LogP contribution in [0.25, 0.3) is 0 Å². The maximum atomic E-state index is 10.3. The van der Waals surface area contributed by atoms with E-state index in [9.17, 15) is 4.79 Å². The highest BCUT2D eigenvalue weighted by atomic mass is 79.9. The molecule has 2 nitrogen and oxygen atoms in total. The number of hydrogen-bond acceptors (Lipinski definition) is 2. The number of methoxy groups -OCH3 is 1. The van der Waals surface area contributed by atoms with E-state index in [2.05, 4.69) is 20.7 Å². The van der Waals surface area contributed by atoms with Crippen LogP contribution >= 0.6 is 39.1 Å². The van der Waals surface area contributed by atoms with E-state index >= 15 is 0 Å². The van der Waals surface area contributed by atoms with Crippen LogP contribution in [0.15, 0.2) is 0 Å². The standard InChI is InChI=1S/C3H3BrCl2O2/c1-8-2(7)3(4,5)6/h1H3. The fraction of sp³-hybridized carbons (Fsp3) is 0.667. The highest BCUT2D eigenvalue weighted by Gasteiger charge is 2.30. The number of ether oxygens (including phenoxy) is 1. The van der Waals surface area contributed by atoms with Crippen molar-refractivity contribution in [3.63, 3.8) is 0 Å². The molecule has 0 aliphatic rings. The summed E-state index contributed by atoms with van der Waals surface area (Å²) in [5.74, 6) is -0.721. The minimum atomic E-state index is -1.60. The maximum Gasteiger partial charge on any atom is 0.353 e. The van der Waals surface area contributed by atoms with E-state index in [0.717, 1.165) is 0 Å². The number of rotatable bonds is 1. The molecule has 0 bridgehead atoms. The molecule has 0 radical (unpaired) electrons. The first-order valence-corrected chi connectivity index (χ1v) is 3.18. The molecule has 0 saturated carbocycles. The van der Waals surface area contributed by atoms with Crippen LogP contribution in [0.4, 0.5) is 0 Å². The van der Waals surface area contributed by atoms with Crippen molar-refractivity contribution in [2.75, 3.05) is 7.11 Å². The van der Waals surface area contributed by atoms with Gasteiger partial charge in [-0.2, -0.15) is 0 Å². The molecular weight excluding hydrogens is 219 g/mol. The van der Waals surface area contributed by atoms with Crippen molar-refractivity contribution in [2.24, 2.45) is 0 Å². The summed E-state index contributed by atoms with van der Waals surface area (Å²) in [7, 11) is 1.20. The minimum absolute atomic E-state index is 0.721. The largest absolute Gasteiger partial charge is 0.466 e. The second-order valence-corrected chi connectivity index (χ2v) is 4.42. The van der Waals surface area contributed by atoms with Crippen LogP contribution in [-0.2, 0) is 9.53 Å². The van der Waals surface area contributed by atoms with E-state index in [1.165, 1.54) is 7.11 Å². The molecule has 0 N–H and O–H groups in total. The van der Waals surface area contributed by atoms with E-state index in [1.807, 2.05) is 0 Å². The lowest BCUT2D eigenvalue weighted by Crippen LogP contribution is -2.19. The van der Waals surface area contributed by atoms with Crippen LogP contribution in [0.5, 0.6) is 0 Å². The van der Waals surface area contributed by atoms with Crippen molar-refractivity contribution in [2.45, 2.75) is 3.24 Å². The zero-order valence-electron chi connectivity index (χ0n) is 3.95. The van der Waals surface area contributed by atoms with E-state index in [1.54, 1.807) is 0 Å². The van der Waals surface area contributed by atoms with Crippen LogP contribution in [0.2, 0.25) is 0 Å². The molecule has 0 aliphatic heterocycles. The summed E-state index contributed by atoms with van der Waals surface area (Å²) in [6, 6.07) is 0. The molecule has 8 heavy (non-hydrogen) atoms. The Morgan fingerprint density at radius 1 is 1.75 bits per heavy atom. The highest BCUT2D eigenvalue weighted by molar-refractivity contribution is 9.11. The third-order valence-corrected chi connectivity index (χ3v) is 1.05. The number of hydrogen-bond donors (Lipinski definition) is 0. The fourth-order valence-electron chi connectivity index (χ4n) is 0.116. The van der Waals surface area contributed by atoms with Crippen LogP contribution < -0.4 is 0 Å². The Bertz CT molecular complexity index is 97.9. The molecule has 0 amide bonds. The SMILES string of the molecule is COC(=O)C(Cl)(Cl)Br. The zero-order valence-corrected chi connectivity index (χ0v) is 7.05. The Kier molecular flexibility index (Phi) is 3.09. The van der Waals surface area contributed by atoms with Crippen molar-refractivity contribution in [1.82, 2.24) is 0 Å². The number of carbonyl (C=O) groups excluding carboxylic acids is 1. The Morgan fingerprint density at radius 3 is 2.12 bits per heavy atom. The van der Waals surface area contributed by atoms with E-state index in [4.69, 9.17) is 23.2 Å². The normalized spacial score (nSPS) is 11.0.